The Hall–Kier alpha value is -2.87. The molecule has 2 aromatic heterocycles. The molecule has 0 unspecified atom stereocenters. The predicted octanol–water partition coefficient (Wildman–Crippen LogP) is 1.82. The van der Waals surface area contributed by atoms with Gasteiger partial charge in [-0.05, 0) is 12.1 Å². The van der Waals surface area contributed by atoms with E-state index in [0.29, 0.717) is 18.8 Å². The van der Waals surface area contributed by atoms with E-state index in [2.05, 4.69) is 4.98 Å². The van der Waals surface area contributed by atoms with Crippen molar-refractivity contribution in [1.82, 2.24) is 4.98 Å². The molecule has 2 heterocycles. The van der Waals surface area contributed by atoms with Gasteiger partial charge in [0.05, 0.1) is 19.3 Å². The van der Waals surface area contributed by atoms with Crippen molar-refractivity contribution in [2.75, 3.05) is 27.4 Å². The number of ether oxygens (including phenoxy) is 3. The van der Waals surface area contributed by atoms with Gasteiger partial charge in [0.15, 0.2) is 0 Å². The number of hydrogen-bond donors (Lipinski definition) is 1. The van der Waals surface area contributed by atoms with Crippen LogP contribution in [0.5, 0.6) is 11.5 Å². The lowest BCUT2D eigenvalue weighted by Crippen LogP contribution is -2.14. The summed E-state index contributed by atoms with van der Waals surface area (Å²) in [7, 11) is 3.00. The van der Waals surface area contributed by atoms with E-state index >= 15 is 0 Å². The van der Waals surface area contributed by atoms with Crippen molar-refractivity contribution in [2.24, 2.45) is 0 Å². The number of rotatable bonds is 8. The minimum Gasteiger partial charge on any atom is -0.494 e. The number of aromatic carboxylic acids is 1. The molecule has 8 nitrogen and oxygen atoms in total. The van der Waals surface area contributed by atoms with Crippen molar-refractivity contribution < 1.29 is 28.5 Å². The van der Waals surface area contributed by atoms with E-state index in [-0.39, 0.29) is 23.6 Å². The second-order valence-electron chi connectivity index (χ2n) is 4.70. The molecule has 0 saturated heterocycles. The van der Waals surface area contributed by atoms with Gasteiger partial charge in [0.1, 0.15) is 11.4 Å². The Morgan fingerprint density at radius 2 is 2.12 bits per heavy atom. The lowest BCUT2D eigenvalue weighted by Gasteiger charge is -2.12. The van der Waals surface area contributed by atoms with Gasteiger partial charge >= 0.3 is 11.6 Å². The first-order valence-corrected chi connectivity index (χ1v) is 7.11. The number of pyridine rings is 1. The molecule has 8 heteroatoms. The van der Waals surface area contributed by atoms with Gasteiger partial charge in [-0.2, -0.15) is 0 Å². The van der Waals surface area contributed by atoms with Crippen LogP contribution in [-0.4, -0.2) is 43.5 Å². The van der Waals surface area contributed by atoms with Crippen LogP contribution in [0.2, 0.25) is 0 Å². The molecular weight excluding hydrogens is 318 g/mol. The maximum atomic E-state index is 12.1. The predicted molar refractivity (Wildman–Crippen MR) is 83.7 cm³/mol. The minimum absolute atomic E-state index is 0.117. The standard InChI is InChI=1S/C16H17NO7/c1-21-7-4-8-23-14-10(9-12(15(18)19)24-16(14)20)13-11(22-2)5-3-6-17-13/h3,5-6,9H,4,7-8H2,1-2H3,(H,18,19). The van der Waals surface area contributed by atoms with Crippen LogP contribution < -0.4 is 15.1 Å². The molecule has 0 spiro atoms. The summed E-state index contributed by atoms with van der Waals surface area (Å²) in [6, 6.07) is 4.50. The van der Waals surface area contributed by atoms with Gasteiger partial charge in [0, 0.05) is 32.4 Å². The molecule has 1 N–H and O–H groups in total. The number of hydrogen-bond acceptors (Lipinski definition) is 7. The van der Waals surface area contributed by atoms with E-state index in [0.717, 1.165) is 0 Å². The van der Waals surface area contributed by atoms with Gasteiger partial charge < -0.3 is 23.7 Å². The molecule has 2 rings (SSSR count). The van der Waals surface area contributed by atoms with Gasteiger partial charge in [0.2, 0.25) is 11.5 Å². The summed E-state index contributed by atoms with van der Waals surface area (Å²) in [6.07, 6.45) is 2.05. The average molecular weight is 335 g/mol. The Kier molecular flexibility index (Phi) is 5.91. The zero-order valence-electron chi connectivity index (χ0n) is 13.3. The Balaban J connectivity index is 2.53. The fourth-order valence-electron chi connectivity index (χ4n) is 2.04. The van der Waals surface area contributed by atoms with E-state index in [4.69, 9.17) is 23.7 Å². The summed E-state index contributed by atoms with van der Waals surface area (Å²) in [6.45, 7) is 0.661. The van der Waals surface area contributed by atoms with E-state index in [1.165, 1.54) is 19.4 Å². The number of carboxylic acid groups (broad SMARTS) is 1. The van der Waals surface area contributed by atoms with Crippen molar-refractivity contribution in [3.05, 3.63) is 40.6 Å². The molecule has 128 valence electrons. The monoisotopic (exact) mass is 335 g/mol. The van der Waals surface area contributed by atoms with Gasteiger partial charge in [-0.25, -0.2) is 9.59 Å². The van der Waals surface area contributed by atoms with Gasteiger partial charge in [-0.1, -0.05) is 0 Å². The summed E-state index contributed by atoms with van der Waals surface area (Å²) in [4.78, 5) is 27.5. The summed E-state index contributed by atoms with van der Waals surface area (Å²) in [5, 5.41) is 9.10. The van der Waals surface area contributed by atoms with Crippen LogP contribution in [0, 0.1) is 0 Å². The molecule has 0 bridgehead atoms. The summed E-state index contributed by atoms with van der Waals surface area (Å²) in [5.74, 6) is -1.62. The fraction of sp³-hybridized carbons (Fsp3) is 0.312. The zero-order valence-corrected chi connectivity index (χ0v) is 13.3. The Bertz CT molecular complexity index is 769. The second kappa shape index (κ2) is 8.11. The zero-order chi connectivity index (χ0) is 17.5. The van der Waals surface area contributed by atoms with Crippen LogP contribution in [0.3, 0.4) is 0 Å². The largest absolute Gasteiger partial charge is 0.494 e. The van der Waals surface area contributed by atoms with Crippen LogP contribution >= 0.6 is 0 Å². The molecule has 2 aromatic rings. The normalized spacial score (nSPS) is 10.4. The lowest BCUT2D eigenvalue weighted by molar-refractivity contribution is 0.0656. The Morgan fingerprint density at radius 3 is 2.79 bits per heavy atom. The summed E-state index contributed by atoms with van der Waals surface area (Å²) < 4.78 is 20.4. The van der Waals surface area contributed by atoms with E-state index in [1.807, 2.05) is 0 Å². The summed E-state index contributed by atoms with van der Waals surface area (Å²) >= 11 is 0. The number of carbonyl (C=O) groups is 1. The van der Waals surface area contributed by atoms with Crippen molar-refractivity contribution >= 4 is 5.97 Å². The molecule has 0 aromatic carbocycles. The number of methoxy groups -OCH3 is 2. The van der Waals surface area contributed by atoms with Crippen molar-refractivity contribution in [1.29, 1.82) is 0 Å². The van der Waals surface area contributed by atoms with E-state index in [1.54, 1.807) is 19.2 Å². The molecule has 0 aliphatic heterocycles. The molecule has 0 radical (unpaired) electrons. The van der Waals surface area contributed by atoms with Crippen molar-refractivity contribution in [2.45, 2.75) is 6.42 Å². The number of carboxylic acids is 1. The van der Waals surface area contributed by atoms with Gasteiger partial charge in [-0.15, -0.1) is 0 Å². The van der Waals surface area contributed by atoms with Crippen LogP contribution in [0.4, 0.5) is 0 Å². The van der Waals surface area contributed by atoms with Crippen LogP contribution in [0.15, 0.2) is 33.6 Å². The topological polar surface area (TPSA) is 108 Å². The third-order valence-corrected chi connectivity index (χ3v) is 3.10. The highest BCUT2D eigenvalue weighted by molar-refractivity contribution is 5.87. The fourth-order valence-corrected chi connectivity index (χ4v) is 2.04. The molecule has 0 atom stereocenters. The third-order valence-electron chi connectivity index (χ3n) is 3.10. The van der Waals surface area contributed by atoms with Gasteiger partial charge in [-0.3, -0.25) is 4.98 Å². The molecule has 24 heavy (non-hydrogen) atoms. The highest BCUT2D eigenvalue weighted by Crippen LogP contribution is 2.33. The Morgan fingerprint density at radius 1 is 1.33 bits per heavy atom. The summed E-state index contributed by atoms with van der Waals surface area (Å²) in [5.41, 5.74) is -0.411. The average Bonchev–Trinajstić information content (AvgIpc) is 2.59. The van der Waals surface area contributed by atoms with E-state index in [9.17, 15) is 9.59 Å². The van der Waals surface area contributed by atoms with Gasteiger partial charge in [0.25, 0.3) is 0 Å². The van der Waals surface area contributed by atoms with Crippen LogP contribution in [0.1, 0.15) is 17.0 Å². The molecule has 0 fully saturated rings. The SMILES string of the molecule is COCCCOc1c(-c2ncccc2OC)cc(C(=O)O)oc1=O. The molecule has 0 aliphatic rings. The maximum absolute atomic E-state index is 12.1. The first-order valence-electron chi connectivity index (χ1n) is 7.11. The molecule has 0 saturated carbocycles. The highest BCUT2D eigenvalue weighted by atomic mass is 16.5. The first kappa shape index (κ1) is 17.5. The quantitative estimate of drug-likeness (QED) is 0.728. The molecule has 0 aliphatic carbocycles. The Labute approximate surface area is 137 Å². The van der Waals surface area contributed by atoms with Crippen LogP contribution in [0.25, 0.3) is 11.3 Å². The lowest BCUT2D eigenvalue weighted by atomic mass is 10.1. The minimum atomic E-state index is -1.37. The number of nitrogens with zero attached hydrogens (tertiary/aromatic N) is 1. The van der Waals surface area contributed by atoms with Crippen molar-refractivity contribution in [3.63, 3.8) is 0 Å². The maximum Gasteiger partial charge on any atom is 0.379 e. The van der Waals surface area contributed by atoms with E-state index < -0.39 is 17.4 Å². The van der Waals surface area contributed by atoms with Crippen molar-refractivity contribution in [3.8, 4) is 22.8 Å². The molecular formula is C16H17NO7. The number of aromatic nitrogens is 1. The third kappa shape index (κ3) is 3.90. The first-order chi connectivity index (χ1) is 11.6. The van der Waals surface area contributed by atoms with Crippen LogP contribution in [-0.2, 0) is 4.74 Å². The highest BCUT2D eigenvalue weighted by Gasteiger charge is 2.21. The smallest absolute Gasteiger partial charge is 0.379 e. The second-order valence-corrected chi connectivity index (χ2v) is 4.70. The molecule has 0 amide bonds.